The van der Waals surface area contributed by atoms with Crippen molar-refractivity contribution >= 4 is 33.8 Å². The fourth-order valence-corrected chi connectivity index (χ4v) is 3.79. The van der Waals surface area contributed by atoms with Crippen molar-refractivity contribution in [2.24, 2.45) is 5.10 Å². The van der Waals surface area contributed by atoms with Crippen LogP contribution in [0.15, 0.2) is 82.8 Å². The molecule has 3 rings (SSSR count). The third-order valence-electron chi connectivity index (χ3n) is 4.30. The van der Waals surface area contributed by atoms with Crippen molar-refractivity contribution in [3.63, 3.8) is 0 Å². The molecular weight excluding hydrogens is 434 g/mol. The molecular formula is C22H19N3O6S. The highest BCUT2D eigenvalue weighted by molar-refractivity contribution is 7.92. The number of ether oxygens (including phenoxy) is 1. The number of hydrogen-bond donors (Lipinski definition) is 3. The lowest BCUT2D eigenvalue weighted by molar-refractivity contribution is 0.0696. The van der Waals surface area contributed by atoms with Crippen LogP contribution in [-0.2, 0) is 10.0 Å². The van der Waals surface area contributed by atoms with Gasteiger partial charge in [0, 0.05) is 5.56 Å². The fraction of sp³-hybridized carbons (Fsp3) is 0.0455. The molecule has 164 valence electrons. The molecule has 0 heterocycles. The van der Waals surface area contributed by atoms with Gasteiger partial charge in [0.15, 0.2) is 0 Å². The van der Waals surface area contributed by atoms with Gasteiger partial charge in [0.05, 0.1) is 29.5 Å². The Morgan fingerprint density at radius 1 is 0.969 bits per heavy atom. The zero-order valence-corrected chi connectivity index (χ0v) is 17.7. The molecule has 0 unspecified atom stereocenters. The molecule has 0 saturated heterocycles. The first kappa shape index (κ1) is 22.5. The number of carboxylic acids is 1. The van der Waals surface area contributed by atoms with E-state index in [4.69, 9.17) is 9.84 Å². The number of hydrazone groups is 1. The van der Waals surface area contributed by atoms with Gasteiger partial charge < -0.3 is 9.84 Å². The van der Waals surface area contributed by atoms with Crippen LogP contribution in [0.4, 0.5) is 5.69 Å². The number of methoxy groups -OCH3 is 1. The van der Waals surface area contributed by atoms with Gasteiger partial charge in [0.25, 0.3) is 15.9 Å². The summed E-state index contributed by atoms with van der Waals surface area (Å²) in [5.74, 6) is -1.30. The SMILES string of the molecule is COc1ccccc1NS(=O)(=O)c1cccc(C(=O)N/N=C\c2ccc(C(=O)O)cc2)c1. The molecule has 1 amide bonds. The van der Waals surface area contributed by atoms with E-state index in [1.165, 1.54) is 61.9 Å². The first-order valence-electron chi connectivity index (χ1n) is 9.23. The summed E-state index contributed by atoms with van der Waals surface area (Å²) in [7, 11) is -2.54. The van der Waals surface area contributed by atoms with E-state index in [9.17, 15) is 18.0 Å². The van der Waals surface area contributed by atoms with Gasteiger partial charge >= 0.3 is 5.97 Å². The highest BCUT2D eigenvalue weighted by Gasteiger charge is 2.18. The molecule has 0 aromatic heterocycles. The maximum atomic E-state index is 12.7. The second-order valence-electron chi connectivity index (χ2n) is 6.46. The summed E-state index contributed by atoms with van der Waals surface area (Å²) in [4.78, 5) is 23.1. The van der Waals surface area contributed by atoms with Crippen LogP contribution >= 0.6 is 0 Å². The molecule has 0 spiro atoms. The number of para-hydroxylation sites is 2. The number of nitrogens with one attached hydrogen (secondary N) is 2. The largest absolute Gasteiger partial charge is 0.495 e. The predicted octanol–water partition coefficient (Wildman–Crippen LogP) is 2.96. The maximum Gasteiger partial charge on any atom is 0.335 e. The number of benzene rings is 3. The lowest BCUT2D eigenvalue weighted by Gasteiger charge is -2.12. The number of carboxylic acid groups (broad SMARTS) is 1. The Bertz CT molecular complexity index is 1270. The molecule has 9 nitrogen and oxygen atoms in total. The van der Waals surface area contributed by atoms with Gasteiger partial charge in [0.1, 0.15) is 5.75 Å². The van der Waals surface area contributed by atoms with Crippen molar-refractivity contribution in [1.29, 1.82) is 0 Å². The molecule has 10 heteroatoms. The molecule has 0 atom stereocenters. The van der Waals surface area contributed by atoms with Crippen LogP contribution in [0.2, 0.25) is 0 Å². The van der Waals surface area contributed by atoms with E-state index >= 15 is 0 Å². The van der Waals surface area contributed by atoms with E-state index < -0.39 is 21.9 Å². The van der Waals surface area contributed by atoms with Crippen LogP contribution in [0.5, 0.6) is 5.75 Å². The first-order chi connectivity index (χ1) is 15.3. The Kier molecular flexibility index (Phi) is 6.86. The maximum absolute atomic E-state index is 12.7. The van der Waals surface area contributed by atoms with Gasteiger partial charge in [-0.1, -0.05) is 30.3 Å². The monoisotopic (exact) mass is 453 g/mol. The van der Waals surface area contributed by atoms with Crippen LogP contribution in [0.25, 0.3) is 0 Å². The van der Waals surface area contributed by atoms with Gasteiger partial charge in [-0.3, -0.25) is 9.52 Å². The Labute approximate surface area is 184 Å². The second kappa shape index (κ2) is 9.75. The average molecular weight is 453 g/mol. The fourth-order valence-electron chi connectivity index (χ4n) is 2.68. The third kappa shape index (κ3) is 5.49. The molecule has 0 radical (unpaired) electrons. The zero-order chi connectivity index (χ0) is 23.1. The summed E-state index contributed by atoms with van der Waals surface area (Å²) in [6.07, 6.45) is 1.34. The molecule has 0 aliphatic carbocycles. The van der Waals surface area contributed by atoms with Crippen molar-refractivity contribution in [3.05, 3.63) is 89.5 Å². The predicted molar refractivity (Wildman–Crippen MR) is 119 cm³/mol. The lowest BCUT2D eigenvalue weighted by atomic mass is 10.1. The highest BCUT2D eigenvalue weighted by atomic mass is 32.2. The van der Waals surface area contributed by atoms with E-state index in [-0.39, 0.29) is 21.7 Å². The first-order valence-corrected chi connectivity index (χ1v) is 10.7. The number of aromatic carboxylic acids is 1. The van der Waals surface area contributed by atoms with Crippen molar-refractivity contribution in [2.45, 2.75) is 4.90 Å². The smallest absolute Gasteiger partial charge is 0.335 e. The number of anilines is 1. The molecule has 3 aromatic carbocycles. The number of nitrogens with zero attached hydrogens (tertiary/aromatic N) is 1. The number of amides is 1. The molecule has 0 aliphatic heterocycles. The molecule has 3 aromatic rings. The number of carbonyl (C=O) groups excluding carboxylic acids is 1. The van der Waals surface area contributed by atoms with E-state index in [2.05, 4.69) is 15.2 Å². The normalized spacial score (nSPS) is 11.2. The van der Waals surface area contributed by atoms with Crippen molar-refractivity contribution in [2.75, 3.05) is 11.8 Å². The molecule has 3 N–H and O–H groups in total. The van der Waals surface area contributed by atoms with Crippen molar-refractivity contribution < 1.29 is 27.9 Å². The minimum atomic E-state index is -3.97. The second-order valence-corrected chi connectivity index (χ2v) is 8.14. The Morgan fingerprint density at radius 2 is 1.69 bits per heavy atom. The van der Waals surface area contributed by atoms with Gasteiger partial charge in [-0.25, -0.2) is 18.6 Å². The van der Waals surface area contributed by atoms with E-state index in [1.54, 1.807) is 24.3 Å². The van der Waals surface area contributed by atoms with E-state index in [1.807, 2.05) is 0 Å². The number of carbonyl (C=O) groups is 2. The van der Waals surface area contributed by atoms with E-state index in [0.717, 1.165) is 0 Å². The van der Waals surface area contributed by atoms with Crippen molar-refractivity contribution in [3.8, 4) is 5.75 Å². The van der Waals surface area contributed by atoms with Gasteiger partial charge in [-0.05, 0) is 48.0 Å². The van der Waals surface area contributed by atoms with E-state index in [0.29, 0.717) is 11.3 Å². The van der Waals surface area contributed by atoms with Gasteiger partial charge in [-0.15, -0.1) is 0 Å². The quantitative estimate of drug-likeness (QED) is 0.355. The van der Waals surface area contributed by atoms with Gasteiger partial charge in [-0.2, -0.15) is 5.10 Å². The highest BCUT2D eigenvalue weighted by Crippen LogP contribution is 2.26. The zero-order valence-electron chi connectivity index (χ0n) is 16.8. The molecule has 32 heavy (non-hydrogen) atoms. The van der Waals surface area contributed by atoms with Crippen LogP contribution in [0.1, 0.15) is 26.3 Å². The minimum Gasteiger partial charge on any atom is -0.495 e. The van der Waals surface area contributed by atoms with Crippen LogP contribution in [0.3, 0.4) is 0 Å². The van der Waals surface area contributed by atoms with Crippen LogP contribution in [-0.4, -0.2) is 38.7 Å². The molecule has 0 aliphatic rings. The lowest BCUT2D eigenvalue weighted by Crippen LogP contribution is -2.19. The third-order valence-corrected chi connectivity index (χ3v) is 5.66. The standard InChI is InChI=1S/C22H19N3O6S/c1-31-20-8-3-2-7-19(20)25-32(29,30)18-6-4-5-17(13-18)21(26)24-23-14-15-9-11-16(12-10-15)22(27)28/h2-14,25H,1H3,(H,24,26)(H,27,28)/b23-14-. The molecule has 0 bridgehead atoms. The summed E-state index contributed by atoms with van der Waals surface area (Å²) in [5.41, 5.74) is 3.37. The topological polar surface area (TPSA) is 134 Å². The summed E-state index contributed by atoms with van der Waals surface area (Å²) < 4.78 is 33.1. The van der Waals surface area contributed by atoms with Crippen LogP contribution < -0.4 is 14.9 Å². The average Bonchev–Trinajstić information content (AvgIpc) is 2.79. The van der Waals surface area contributed by atoms with Crippen LogP contribution in [0, 0.1) is 0 Å². The summed E-state index contributed by atoms with van der Waals surface area (Å²) >= 11 is 0. The summed E-state index contributed by atoms with van der Waals surface area (Å²) in [6.45, 7) is 0. The number of sulfonamides is 1. The minimum absolute atomic E-state index is 0.0891. The molecule has 0 saturated carbocycles. The summed E-state index contributed by atoms with van der Waals surface area (Å²) in [5, 5.41) is 12.7. The Hall–Kier alpha value is -4.18. The van der Waals surface area contributed by atoms with Crippen molar-refractivity contribution in [1.82, 2.24) is 5.43 Å². The Morgan fingerprint density at radius 3 is 2.38 bits per heavy atom. The Balaban J connectivity index is 1.71. The summed E-state index contributed by atoms with van der Waals surface area (Å²) in [6, 6.07) is 17.9. The molecule has 0 fully saturated rings. The number of hydrogen-bond acceptors (Lipinski definition) is 6. The van der Waals surface area contributed by atoms with Gasteiger partial charge in [0.2, 0.25) is 0 Å². The number of rotatable bonds is 8.